The molecule has 35 heavy (non-hydrogen) atoms. The summed E-state index contributed by atoms with van der Waals surface area (Å²) >= 11 is 1.56. The molecule has 0 saturated heterocycles. The van der Waals surface area contributed by atoms with E-state index < -0.39 is 6.23 Å². The second-order valence-electron chi connectivity index (χ2n) is 8.14. The van der Waals surface area contributed by atoms with E-state index in [1.807, 2.05) is 36.4 Å². The SMILES string of the molecule is CCCCCCSc1nnc2c(n1)OC(c1ccc(OC)cc1OC)N(C(C)=O)c1ccccc1-2. The zero-order chi connectivity index (χ0) is 24.8. The molecule has 8 nitrogen and oxygen atoms in total. The number of nitrogens with zero attached hydrogens (tertiary/aromatic N) is 4. The molecule has 0 fully saturated rings. The van der Waals surface area contributed by atoms with Crippen molar-refractivity contribution in [1.82, 2.24) is 15.2 Å². The number of amides is 1. The van der Waals surface area contributed by atoms with Crippen molar-refractivity contribution in [3.63, 3.8) is 0 Å². The molecule has 184 valence electrons. The quantitative estimate of drug-likeness (QED) is 0.278. The number of aromatic nitrogens is 3. The van der Waals surface area contributed by atoms with Crippen LogP contribution >= 0.6 is 11.8 Å². The Labute approximate surface area is 210 Å². The third-order valence-corrected chi connectivity index (χ3v) is 6.71. The molecule has 3 aromatic rings. The van der Waals surface area contributed by atoms with Crippen molar-refractivity contribution in [2.24, 2.45) is 0 Å². The lowest BCUT2D eigenvalue weighted by Crippen LogP contribution is -2.36. The highest BCUT2D eigenvalue weighted by Gasteiger charge is 2.36. The first kappa shape index (κ1) is 24.8. The van der Waals surface area contributed by atoms with Crippen LogP contribution in [-0.4, -0.2) is 41.1 Å². The average molecular weight is 495 g/mol. The molecule has 2 heterocycles. The van der Waals surface area contributed by atoms with E-state index >= 15 is 0 Å². The first-order chi connectivity index (χ1) is 17.1. The van der Waals surface area contributed by atoms with Gasteiger partial charge >= 0.3 is 0 Å². The van der Waals surface area contributed by atoms with Gasteiger partial charge in [0, 0.05) is 24.3 Å². The molecule has 1 atom stereocenters. The van der Waals surface area contributed by atoms with Crippen LogP contribution in [0.25, 0.3) is 11.3 Å². The van der Waals surface area contributed by atoms with Crippen LogP contribution in [0.15, 0.2) is 47.6 Å². The number of hydrogen-bond acceptors (Lipinski definition) is 8. The number of carbonyl (C=O) groups is 1. The van der Waals surface area contributed by atoms with Crippen LogP contribution in [0.5, 0.6) is 17.4 Å². The monoisotopic (exact) mass is 494 g/mol. The summed E-state index contributed by atoms with van der Waals surface area (Å²) in [6.07, 6.45) is 3.86. The Bertz CT molecular complexity index is 1190. The fourth-order valence-corrected chi connectivity index (χ4v) is 4.81. The lowest BCUT2D eigenvalue weighted by molar-refractivity contribution is -0.118. The zero-order valence-electron chi connectivity index (χ0n) is 20.5. The summed E-state index contributed by atoms with van der Waals surface area (Å²) in [6, 6.07) is 13.0. The van der Waals surface area contributed by atoms with Crippen LogP contribution in [-0.2, 0) is 4.79 Å². The number of unbranched alkanes of at least 4 members (excludes halogenated alkanes) is 3. The average Bonchev–Trinajstić information content (AvgIpc) is 3.02. The van der Waals surface area contributed by atoms with Gasteiger partial charge in [0.05, 0.1) is 25.5 Å². The van der Waals surface area contributed by atoms with Crippen LogP contribution in [0.1, 0.15) is 51.3 Å². The Kier molecular flexibility index (Phi) is 8.07. The molecule has 2 aromatic carbocycles. The molecule has 9 heteroatoms. The highest BCUT2D eigenvalue weighted by Crippen LogP contribution is 2.45. The highest BCUT2D eigenvalue weighted by atomic mass is 32.2. The summed E-state index contributed by atoms with van der Waals surface area (Å²) in [5.41, 5.74) is 2.56. The molecular weight excluding hydrogens is 464 g/mol. The summed E-state index contributed by atoms with van der Waals surface area (Å²) in [5, 5.41) is 9.38. The van der Waals surface area contributed by atoms with Crippen LogP contribution in [0.3, 0.4) is 0 Å². The minimum atomic E-state index is -0.824. The first-order valence-electron chi connectivity index (χ1n) is 11.7. The van der Waals surface area contributed by atoms with Crippen molar-refractivity contribution in [3.05, 3.63) is 48.0 Å². The fraction of sp³-hybridized carbons (Fsp3) is 0.385. The third kappa shape index (κ3) is 5.35. The molecule has 1 aromatic heterocycles. The molecule has 0 bridgehead atoms. The largest absolute Gasteiger partial charge is 0.497 e. The summed E-state index contributed by atoms with van der Waals surface area (Å²) in [7, 11) is 3.17. The number of thioether (sulfide) groups is 1. The summed E-state index contributed by atoms with van der Waals surface area (Å²) in [6.45, 7) is 3.70. The fourth-order valence-electron chi connectivity index (χ4n) is 4.03. The van der Waals surface area contributed by atoms with Crippen molar-refractivity contribution in [1.29, 1.82) is 0 Å². The smallest absolute Gasteiger partial charge is 0.247 e. The van der Waals surface area contributed by atoms with E-state index in [2.05, 4.69) is 17.1 Å². The molecular formula is C26H30N4O4S. The third-order valence-electron chi connectivity index (χ3n) is 5.79. The Hall–Kier alpha value is -3.33. The minimum Gasteiger partial charge on any atom is -0.497 e. The summed E-state index contributed by atoms with van der Waals surface area (Å²) < 4.78 is 17.5. The number of benzene rings is 2. The van der Waals surface area contributed by atoms with Gasteiger partial charge in [-0.1, -0.05) is 56.1 Å². The van der Waals surface area contributed by atoms with Gasteiger partial charge < -0.3 is 14.2 Å². The first-order valence-corrected chi connectivity index (χ1v) is 12.7. The Morgan fingerprint density at radius 1 is 1.09 bits per heavy atom. The van der Waals surface area contributed by atoms with E-state index in [-0.39, 0.29) is 5.91 Å². The second kappa shape index (κ2) is 11.4. The predicted octanol–water partition coefficient (Wildman–Crippen LogP) is 5.67. The number of methoxy groups -OCH3 is 2. The van der Waals surface area contributed by atoms with E-state index in [0.29, 0.717) is 39.5 Å². The number of anilines is 1. The minimum absolute atomic E-state index is 0.188. The van der Waals surface area contributed by atoms with Gasteiger partial charge in [-0.3, -0.25) is 9.69 Å². The van der Waals surface area contributed by atoms with Crippen LogP contribution in [0.2, 0.25) is 0 Å². The van der Waals surface area contributed by atoms with Gasteiger partial charge in [-0.25, -0.2) is 0 Å². The number of rotatable bonds is 9. The van der Waals surface area contributed by atoms with Gasteiger partial charge in [0.25, 0.3) is 0 Å². The number of hydrogen-bond donors (Lipinski definition) is 0. The molecule has 1 unspecified atom stereocenters. The predicted molar refractivity (Wildman–Crippen MR) is 136 cm³/mol. The molecule has 1 amide bonds. The highest BCUT2D eigenvalue weighted by molar-refractivity contribution is 7.99. The molecule has 0 aliphatic carbocycles. The molecule has 0 spiro atoms. The van der Waals surface area contributed by atoms with Gasteiger partial charge in [-0.05, 0) is 24.6 Å². The van der Waals surface area contributed by atoms with Gasteiger partial charge in [0.15, 0.2) is 5.69 Å². The lowest BCUT2D eigenvalue weighted by Gasteiger charge is -2.30. The molecule has 0 N–H and O–H groups in total. The second-order valence-corrected chi connectivity index (χ2v) is 9.20. The normalized spacial score (nSPS) is 14.4. The molecule has 1 aliphatic rings. The number of carbonyl (C=O) groups excluding carboxylic acids is 1. The Morgan fingerprint density at radius 3 is 2.66 bits per heavy atom. The maximum absolute atomic E-state index is 13.0. The molecule has 4 rings (SSSR count). The maximum Gasteiger partial charge on any atom is 0.247 e. The van der Waals surface area contributed by atoms with Gasteiger partial charge in [0.1, 0.15) is 11.5 Å². The van der Waals surface area contributed by atoms with Crippen molar-refractivity contribution in [3.8, 4) is 28.6 Å². The van der Waals surface area contributed by atoms with E-state index in [9.17, 15) is 4.79 Å². The van der Waals surface area contributed by atoms with Crippen molar-refractivity contribution < 1.29 is 19.0 Å². The Morgan fingerprint density at radius 2 is 1.91 bits per heavy atom. The number of ether oxygens (including phenoxy) is 3. The topological polar surface area (TPSA) is 86.7 Å². The van der Waals surface area contributed by atoms with Gasteiger partial charge in [0.2, 0.25) is 23.2 Å². The number of fused-ring (bicyclic) bond motifs is 3. The van der Waals surface area contributed by atoms with Crippen LogP contribution in [0.4, 0.5) is 5.69 Å². The summed E-state index contributed by atoms with van der Waals surface area (Å²) in [4.78, 5) is 19.3. The maximum atomic E-state index is 13.0. The van der Waals surface area contributed by atoms with Crippen LogP contribution < -0.4 is 19.1 Å². The zero-order valence-corrected chi connectivity index (χ0v) is 21.3. The Balaban J connectivity index is 1.78. The van der Waals surface area contributed by atoms with Gasteiger partial charge in [-0.15, -0.1) is 10.2 Å². The van der Waals surface area contributed by atoms with Crippen molar-refractivity contribution >= 4 is 23.4 Å². The van der Waals surface area contributed by atoms with E-state index in [1.165, 1.54) is 26.2 Å². The molecule has 0 saturated carbocycles. The molecule has 1 aliphatic heterocycles. The van der Waals surface area contributed by atoms with Crippen molar-refractivity contribution in [2.75, 3.05) is 24.9 Å². The van der Waals surface area contributed by atoms with E-state index in [4.69, 9.17) is 19.2 Å². The summed E-state index contributed by atoms with van der Waals surface area (Å²) in [5.74, 6) is 2.22. The van der Waals surface area contributed by atoms with Crippen molar-refractivity contribution in [2.45, 2.75) is 50.9 Å². The van der Waals surface area contributed by atoms with Crippen LogP contribution in [0, 0.1) is 0 Å². The van der Waals surface area contributed by atoms with Gasteiger partial charge in [-0.2, -0.15) is 4.98 Å². The van der Waals surface area contributed by atoms with E-state index in [0.717, 1.165) is 17.7 Å². The standard InChI is InChI=1S/C26H30N4O4S/c1-5-6-7-10-15-35-26-27-24-23(28-29-26)19-11-8-9-12-21(19)30(17(2)31)25(34-24)20-14-13-18(32-3)16-22(20)33-4/h8-9,11-14,16,25H,5-7,10,15H2,1-4H3. The lowest BCUT2D eigenvalue weighted by atomic mass is 10.1. The number of para-hydroxylation sites is 1. The van der Waals surface area contributed by atoms with E-state index in [1.54, 1.807) is 36.9 Å². The molecule has 0 radical (unpaired) electrons.